The minimum absolute atomic E-state index is 0.209. The highest BCUT2D eigenvalue weighted by Crippen LogP contribution is 2.23. The van der Waals surface area contributed by atoms with E-state index in [0.29, 0.717) is 12.3 Å². The SMILES string of the molecule is CCNC(=NCCc1c[nH]c2c(CC)cccc12)N1CCCC(CC(N)=O)C1. The van der Waals surface area contributed by atoms with Gasteiger partial charge in [0, 0.05) is 49.7 Å². The zero-order valence-electron chi connectivity index (χ0n) is 17.1. The zero-order valence-corrected chi connectivity index (χ0v) is 17.1. The van der Waals surface area contributed by atoms with Gasteiger partial charge in [0.2, 0.25) is 5.91 Å². The maximum absolute atomic E-state index is 11.3. The Hall–Kier alpha value is -2.50. The summed E-state index contributed by atoms with van der Waals surface area (Å²) in [4.78, 5) is 21.9. The molecule has 1 aliphatic heterocycles. The van der Waals surface area contributed by atoms with Gasteiger partial charge in [-0.3, -0.25) is 9.79 Å². The Balaban J connectivity index is 1.67. The van der Waals surface area contributed by atoms with Crippen LogP contribution in [0.1, 0.15) is 44.2 Å². The van der Waals surface area contributed by atoms with Crippen molar-refractivity contribution in [1.82, 2.24) is 15.2 Å². The fourth-order valence-corrected chi connectivity index (χ4v) is 4.19. The molecule has 1 saturated heterocycles. The number of hydrogen-bond donors (Lipinski definition) is 3. The van der Waals surface area contributed by atoms with Crippen LogP contribution in [0, 0.1) is 5.92 Å². The summed E-state index contributed by atoms with van der Waals surface area (Å²) in [5.41, 5.74) is 9.32. The van der Waals surface area contributed by atoms with Crippen molar-refractivity contribution in [3.8, 4) is 0 Å². The van der Waals surface area contributed by atoms with Crippen molar-refractivity contribution < 1.29 is 4.79 Å². The third-order valence-corrected chi connectivity index (χ3v) is 5.55. The van der Waals surface area contributed by atoms with E-state index in [1.807, 2.05) is 0 Å². The molecule has 0 radical (unpaired) electrons. The van der Waals surface area contributed by atoms with Gasteiger partial charge in [0.05, 0.1) is 0 Å². The Morgan fingerprint density at radius 2 is 2.21 bits per heavy atom. The summed E-state index contributed by atoms with van der Waals surface area (Å²) in [5.74, 6) is 1.07. The topological polar surface area (TPSA) is 86.5 Å². The van der Waals surface area contributed by atoms with Crippen LogP contribution in [-0.2, 0) is 17.6 Å². The van der Waals surface area contributed by atoms with Crippen molar-refractivity contribution in [1.29, 1.82) is 0 Å². The van der Waals surface area contributed by atoms with E-state index in [1.165, 1.54) is 22.0 Å². The Morgan fingerprint density at radius 1 is 1.36 bits per heavy atom. The lowest BCUT2D eigenvalue weighted by atomic mass is 9.95. The van der Waals surface area contributed by atoms with Crippen LogP contribution in [0.4, 0.5) is 0 Å². The fraction of sp³-hybridized carbons (Fsp3) is 0.545. The Morgan fingerprint density at radius 3 is 2.96 bits per heavy atom. The van der Waals surface area contributed by atoms with Crippen molar-refractivity contribution in [2.75, 3.05) is 26.2 Å². The number of guanidine groups is 1. The van der Waals surface area contributed by atoms with E-state index >= 15 is 0 Å². The highest BCUT2D eigenvalue weighted by Gasteiger charge is 2.23. The van der Waals surface area contributed by atoms with Crippen LogP contribution in [0.25, 0.3) is 10.9 Å². The van der Waals surface area contributed by atoms with Gasteiger partial charge in [-0.2, -0.15) is 0 Å². The van der Waals surface area contributed by atoms with Gasteiger partial charge in [0.25, 0.3) is 0 Å². The van der Waals surface area contributed by atoms with Crippen molar-refractivity contribution in [2.45, 2.75) is 46.0 Å². The Kier molecular flexibility index (Phi) is 6.95. The smallest absolute Gasteiger partial charge is 0.217 e. The molecular weight excluding hydrogens is 350 g/mol. The molecule has 6 heteroatoms. The number of hydrogen-bond acceptors (Lipinski definition) is 2. The van der Waals surface area contributed by atoms with E-state index in [1.54, 1.807) is 0 Å². The zero-order chi connectivity index (χ0) is 19.9. The van der Waals surface area contributed by atoms with Crippen molar-refractivity contribution in [2.24, 2.45) is 16.6 Å². The molecule has 0 saturated carbocycles. The van der Waals surface area contributed by atoms with Crippen LogP contribution < -0.4 is 11.1 Å². The number of nitrogens with zero attached hydrogens (tertiary/aromatic N) is 2. The third-order valence-electron chi connectivity index (χ3n) is 5.55. The number of carbonyl (C=O) groups is 1. The summed E-state index contributed by atoms with van der Waals surface area (Å²) in [7, 11) is 0. The van der Waals surface area contributed by atoms with E-state index in [4.69, 9.17) is 10.7 Å². The molecule has 1 amide bonds. The predicted octanol–water partition coefficient (Wildman–Crippen LogP) is 2.83. The number of nitrogens with two attached hydrogens (primary N) is 1. The number of carbonyl (C=O) groups excluding carboxylic acids is 1. The highest BCUT2D eigenvalue weighted by molar-refractivity contribution is 5.86. The number of aromatic amines is 1. The van der Waals surface area contributed by atoms with Gasteiger partial charge in [-0.25, -0.2) is 0 Å². The van der Waals surface area contributed by atoms with E-state index in [9.17, 15) is 4.79 Å². The molecule has 1 aromatic carbocycles. The number of para-hydroxylation sites is 1. The summed E-state index contributed by atoms with van der Waals surface area (Å²) < 4.78 is 0. The number of benzene rings is 1. The first-order valence-electron chi connectivity index (χ1n) is 10.5. The monoisotopic (exact) mass is 383 g/mol. The molecule has 28 heavy (non-hydrogen) atoms. The average molecular weight is 384 g/mol. The number of primary amides is 1. The van der Waals surface area contributed by atoms with Gasteiger partial charge in [0.1, 0.15) is 0 Å². The second kappa shape index (κ2) is 9.62. The molecular formula is C22H33N5O. The van der Waals surface area contributed by atoms with Crippen LogP contribution in [0.3, 0.4) is 0 Å². The number of aryl methyl sites for hydroxylation is 1. The first-order valence-corrected chi connectivity index (χ1v) is 10.5. The number of piperidine rings is 1. The van der Waals surface area contributed by atoms with Crippen LogP contribution >= 0.6 is 0 Å². The predicted molar refractivity (Wildman–Crippen MR) is 115 cm³/mol. The normalized spacial score (nSPS) is 17.9. The molecule has 0 aliphatic carbocycles. The van der Waals surface area contributed by atoms with Gasteiger partial charge in [0.15, 0.2) is 5.96 Å². The molecule has 1 fully saturated rings. The number of fused-ring (bicyclic) bond motifs is 1. The summed E-state index contributed by atoms with van der Waals surface area (Å²) in [5, 5.41) is 4.72. The molecule has 1 aliphatic rings. The average Bonchev–Trinajstić information content (AvgIpc) is 3.10. The molecule has 0 spiro atoms. The second-order valence-electron chi connectivity index (χ2n) is 7.62. The number of rotatable bonds is 7. The van der Waals surface area contributed by atoms with Crippen LogP contribution in [0.15, 0.2) is 29.4 Å². The summed E-state index contributed by atoms with van der Waals surface area (Å²) >= 11 is 0. The van der Waals surface area contributed by atoms with Crippen LogP contribution in [-0.4, -0.2) is 47.9 Å². The largest absolute Gasteiger partial charge is 0.370 e. The lowest BCUT2D eigenvalue weighted by Crippen LogP contribution is -2.47. The van der Waals surface area contributed by atoms with E-state index < -0.39 is 0 Å². The minimum Gasteiger partial charge on any atom is -0.370 e. The first-order chi connectivity index (χ1) is 13.6. The van der Waals surface area contributed by atoms with Crippen LogP contribution in [0.2, 0.25) is 0 Å². The quantitative estimate of drug-likeness (QED) is 0.508. The fourth-order valence-electron chi connectivity index (χ4n) is 4.19. The van der Waals surface area contributed by atoms with Crippen LogP contribution in [0.5, 0.6) is 0 Å². The maximum Gasteiger partial charge on any atom is 0.217 e. The number of aromatic nitrogens is 1. The lowest BCUT2D eigenvalue weighted by Gasteiger charge is -2.34. The summed E-state index contributed by atoms with van der Waals surface area (Å²) in [6, 6.07) is 6.51. The Bertz CT molecular complexity index is 825. The number of likely N-dealkylation sites (tertiary alicyclic amines) is 1. The summed E-state index contributed by atoms with van der Waals surface area (Å²) in [6.07, 6.45) is 6.65. The molecule has 2 aromatic rings. The van der Waals surface area contributed by atoms with Crippen molar-refractivity contribution in [3.05, 3.63) is 35.5 Å². The number of amides is 1. The van der Waals surface area contributed by atoms with Gasteiger partial charge >= 0.3 is 0 Å². The van der Waals surface area contributed by atoms with Crippen molar-refractivity contribution >= 4 is 22.8 Å². The van der Waals surface area contributed by atoms with Gasteiger partial charge in [-0.05, 0) is 49.7 Å². The van der Waals surface area contributed by atoms with Gasteiger partial charge in [-0.15, -0.1) is 0 Å². The van der Waals surface area contributed by atoms with Gasteiger partial charge in [-0.1, -0.05) is 25.1 Å². The molecule has 6 nitrogen and oxygen atoms in total. The Labute approximate surface area is 167 Å². The molecule has 0 bridgehead atoms. The lowest BCUT2D eigenvalue weighted by molar-refractivity contribution is -0.119. The highest BCUT2D eigenvalue weighted by atomic mass is 16.1. The standard InChI is InChI=1S/C22H33N5O/c1-3-17-8-5-9-19-18(14-26-21(17)19)10-11-25-22(24-4-2)27-12-6-7-16(15-27)13-20(23)28/h5,8-9,14,16,26H,3-4,6-7,10-13,15H2,1-2H3,(H2,23,28)(H,24,25). The maximum atomic E-state index is 11.3. The number of aliphatic imine (C=N–C) groups is 1. The molecule has 152 valence electrons. The number of nitrogens with one attached hydrogen (secondary N) is 2. The number of H-pyrrole nitrogens is 1. The second-order valence-corrected chi connectivity index (χ2v) is 7.62. The third kappa shape index (κ3) is 4.86. The molecule has 3 rings (SSSR count). The molecule has 2 heterocycles. The summed E-state index contributed by atoms with van der Waals surface area (Å²) in [6.45, 7) is 7.68. The molecule has 1 aromatic heterocycles. The van der Waals surface area contributed by atoms with Gasteiger partial charge < -0.3 is 20.9 Å². The minimum atomic E-state index is -0.209. The van der Waals surface area contributed by atoms with Crippen molar-refractivity contribution in [3.63, 3.8) is 0 Å². The molecule has 1 unspecified atom stereocenters. The van der Waals surface area contributed by atoms with E-state index in [2.05, 4.69) is 53.4 Å². The molecule has 4 N–H and O–H groups in total. The van der Waals surface area contributed by atoms with E-state index in [-0.39, 0.29) is 5.91 Å². The first kappa shape index (κ1) is 20.2. The van der Waals surface area contributed by atoms with E-state index in [0.717, 1.165) is 57.8 Å². The molecule has 1 atom stereocenters.